The topological polar surface area (TPSA) is 47.8 Å². The zero-order valence-corrected chi connectivity index (χ0v) is 14.6. The number of aliphatic hydroxyl groups is 1. The lowest BCUT2D eigenvalue weighted by Crippen LogP contribution is -2.54. The second kappa shape index (κ2) is 7.56. The molecule has 2 fully saturated rings. The smallest absolute Gasteiger partial charge is 0.0793 e. The molecule has 0 aliphatic carbocycles. The number of para-hydroxylation sites is 1. The Hall–Kier alpha value is -1.89. The highest BCUT2D eigenvalue weighted by molar-refractivity contribution is 5.46. The fourth-order valence-corrected chi connectivity index (χ4v) is 3.84. The number of hydrogen-bond acceptors (Lipinski definition) is 5. The molecule has 6 heteroatoms. The van der Waals surface area contributed by atoms with Gasteiger partial charge in [0.2, 0.25) is 0 Å². The molecule has 1 aromatic heterocycles. The van der Waals surface area contributed by atoms with Gasteiger partial charge in [0.25, 0.3) is 0 Å². The summed E-state index contributed by atoms with van der Waals surface area (Å²) in [7, 11) is 0. The van der Waals surface area contributed by atoms with E-state index in [1.165, 1.54) is 5.69 Å². The molecule has 0 bridgehead atoms. The van der Waals surface area contributed by atoms with Crippen LogP contribution in [0.1, 0.15) is 6.04 Å². The molecule has 1 N–H and O–H groups in total. The van der Waals surface area contributed by atoms with Crippen molar-refractivity contribution in [3.8, 4) is 0 Å². The van der Waals surface area contributed by atoms with E-state index in [1.807, 2.05) is 23.1 Å². The van der Waals surface area contributed by atoms with Gasteiger partial charge in [0.15, 0.2) is 0 Å². The van der Waals surface area contributed by atoms with Gasteiger partial charge in [0.05, 0.1) is 12.1 Å². The van der Waals surface area contributed by atoms with Crippen LogP contribution in [0, 0.1) is 0 Å². The van der Waals surface area contributed by atoms with Crippen molar-refractivity contribution in [3.63, 3.8) is 0 Å². The fraction of sp³-hybridized carbons (Fsp3) is 0.526. The summed E-state index contributed by atoms with van der Waals surface area (Å²) in [5, 5.41) is 14.7. The van der Waals surface area contributed by atoms with E-state index < -0.39 is 0 Å². The predicted octanol–water partition coefficient (Wildman–Crippen LogP) is 0.923. The van der Waals surface area contributed by atoms with Gasteiger partial charge in [-0.2, -0.15) is 5.10 Å². The maximum absolute atomic E-state index is 10.4. The Balaban J connectivity index is 1.17. The zero-order valence-electron chi connectivity index (χ0n) is 14.6. The van der Waals surface area contributed by atoms with Gasteiger partial charge in [0, 0.05) is 70.4 Å². The standard InChI is InChI=1S/C19H27N5O/c25-19(16-22-13-18(14-22)24-8-4-7-20-24)15-21-9-11-23(12-10-21)17-5-2-1-3-6-17/h1-8,18-19,25H,9-16H2. The van der Waals surface area contributed by atoms with Crippen LogP contribution in [0.15, 0.2) is 48.8 Å². The lowest BCUT2D eigenvalue weighted by molar-refractivity contribution is 0.0235. The Morgan fingerprint density at radius 3 is 2.36 bits per heavy atom. The van der Waals surface area contributed by atoms with E-state index in [2.05, 4.69) is 50.1 Å². The third-order valence-electron chi connectivity index (χ3n) is 5.27. The lowest BCUT2D eigenvalue weighted by Gasteiger charge is -2.41. The van der Waals surface area contributed by atoms with E-state index in [1.54, 1.807) is 0 Å². The summed E-state index contributed by atoms with van der Waals surface area (Å²) in [5.74, 6) is 0. The van der Waals surface area contributed by atoms with Crippen molar-refractivity contribution in [1.82, 2.24) is 19.6 Å². The number of aromatic nitrogens is 2. The first-order valence-corrected chi connectivity index (χ1v) is 9.20. The second-order valence-electron chi connectivity index (χ2n) is 7.14. The number of piperazine rings is 1. The van der Waals surface area contributed by atoms with E-state index >= 15 is 0 Å². The molecule has 6 nitrogen and oxygen atoms in total. The monoisotopic (exact) mass is 341 g/mol. The SMILES string of the molecule is OC(CN1CCN(c2ccccc2)CC1)CN1CC(n2cccn2)C1. The van der Waals surface area contributed by atoms with Crippen LogP contribution in [0.4, 0.5) is 5.69 Å². The quantitative estimate of drug-likeness (QED) is 0.847. The largest absolute Gasteiger partial charge is 0.390 e. The normalized spacial score (nSPS) is 21.2. The molecule has 1 unspecified atom stereocenters. The maximum atomic E-state index is 10.4. The highest BCUT2D eigenvalue weighted by atomic mass is 16.3. The van der Waals surface area contributed by atoms with Crippen molar-refractivity contribution in [3.05, 3.63) is 48.8 Å². The highest BCUT2D eigenvalue weighted by Gasteiger charge is 2.30. The number of anilines is 1. The van der Waals surface area contributed by atoms with Crippen molar-refractivity contribution >= 4 is 5.69 Å². The number of hydrogen-bond donors (Lipinski definition) is 1. The van der Waals surface area contributed by atoms with E-state index in [0.29, 0.717) is 6.04 Å². The van der Waals surface area contributed by atoms with Gasteiger partial charge in [-0.3, -0.25) is 14.5 Å². The van der Waals surface area contributed by atoms with Crippen molar-refractivity contribution in [1.29, 1.82) is 0 Å². The Morgan fingerprint density at radius 2 is 1.68 bits per heavy atom. The summed E-state index contributed by atoms with van der Waals surface area (Å²) in [4.78, 5) is 7.12. The molecule has 1 atom stereocenters. The van der Waals surface area contributed by atoms with Crippen LogP contribution in [-0.4, -0.2) is 83.1 Å². The van der Waals surface area contributed by atoms with Gasteiger partial charge < -0.3 is 10.0 Å². The third kappa shape index (κ3) is 4.03. The molecule has 2 saturated heterocycles. The van der Waals surface area contributed by atoms with Gasteiger partial charge >= 0.3 is 0 Å². The number of benzene rings is 1. The molecule has 2 aliphatic rings. The van der Waals surface area contributed by atoms with Crippen LogP contribution in [0.25, 0.3) is 0 Å². The van der Waals surface area contributed by atoms with Crippen molar-refractivity contribution in [2.24, 2.45) is 0 Å². The van der Waals surface area contributed by atoms with Crippen molar-refractivity contribution in [2.75, 3.05) is 57.3 Å². The molecule has 2 aliphatic heterocycles. The first-order chi connectivity index (χ1) is 12.3. The molecule has 1 aromatic carbocycles. The summed E-state index contributed by atoms with van der Waals surface area (Å²) in [6, 6.07) is 13.0. The van der Waals surface area contributed by atoms with E-state index in [-0.39, 0.29) is 6.10 Å². The molecule has 3 heterocycles. The van der Waals surface area contributed by atoms with Crippen LogP contribution in [0.5, 0.6) is 0 Å². The number of β-amino-alcohol motifs (C(OH)–C–C–N with tert-alkyl or cyclic N) is 1. The van der Waals surface area contributed by atoms with Gasteiger partial charge in [-0.05, 0) is 18.2 Å². The summed E-state index contributed by atoms with van der Waals surface area (Å²) >= 11 is 0. The Labute approximate surface area is 149 Å². The van der Waals surface area contributed by atoms with Crippen LogP contribution >= 0.6 is 0 Å². The van der Waals surface area contributed by atoms with Crippen LogP contribution in [0.3, 0.4) is 0 Å². The van der Waals surface area contributed by atoms with Gasteiger partial charge in [-0.25, -0.2) is 0 Å². The number of rotatable bonds is 6. The average Bonchev–Trinajstić information content (AvgIpc) is 3.13. The summed E-state index contributed by atoms with van der Waals surface area (Å²) in [6.45, 7) is 7.59. The van der Waals surface area contributed by atoms with Crippen molar-refractivity contribution in [2.45, 2.75) is 12.1 Å². The second-order valence-corrected chi connectivity index (χ2v) is 7.14. The molecule has 0 radical (unpaired) electrons. The van der Waals surface area contributed by atoms with E-state index in [4.69, 9.17) is 0 Å². The number of aliphatic hydroxyl groups excluding tert-OH is 1. The van der Waals surface area contributed by atoms with E-state index in [9.17, 15) is 5.11 Å². The molecule has 25 heavy (non-hydrogen) atoms. The lowest BCUT2D eigenvalue weighted by atomic mass is 10.1. The highest BCUT2D eigenvalue weighted by Crippen LogP contribution is 2.20. The predicted molar refractivity (Wildman–Crippen MR) is 98.8 cm³/mol. The minimum absolute atomic E-state index is 0.276. The Morgan fingerprint density at radius 1 is 0.960 bits per heavy atom. The summed E-state index contributed by atoms with van der Waals surface area (Å²) in [6.07, 6.45) is 3.57. The molecular weight excluding hydrogens is 314 g/mol. The zero-order chi connectivity index (χ0) is 17.1. The first-order valence-electron chi connectivity index (χ1n) is 9.20. The summed E-state index contributed by atoms with van der Waals surface area (Å²) in [5.41, 5.74) is 1.30. The van der Waals surface area contributed by atoms with Gasteiger partial charge in [0.1, 0.15) is 0 Å². The molecule has 0 spiro atoms. The minimum Gasteiger partial charge on any atom is -0.390 e. The molecule has 0 amide bonds. The molecule has 134 valence electrons. The molecule has 4 rings (SSSR count). The van der Waals surface area contributed by atoms with E-state index in [0.717, 1.165) is 52.4 Å². The number of nitrogens with zero attached hydrogens (tertiary/aromatic N) is 5. The third-order valence-corrected chi connectivity index (χ3v) is 5.27. The van der Waals surface area contributed by atoms with Crippen LogP contribution in [-0.2, 0) is 0 Å². The molecular formula is C19H27N5O. The average molecular weight is 341 g/mol. The summed E-state index contributed by atoms with van der Waals surface area (Å²) < 4.78 is 2.02. The van der Waals surface area contributed by atoms with Crippen LogP contribution < -0.4 is 4.90 Å². The first kappa shape index (κ1) is 16.6. The van der Waals surface area contributed by atoms with Gasteiger partial charge in [-0.1, -0.05) is 18.2 Å². The molecule has 2 aromatic rings. The Kier molecular flexibility index (Phi) is 5.01. The minimum atomic E-state index is -0.276. The van der Waals surface area contributed by atoms with Crippen LogP contribution in [0.2, 0.25) is 0 Å². The maximum Gasteiger partial charge on any atom is 0.0793 e. The Bertz CT molecular complexity index is 633. The molecule has 0 saturated carbocycles. The van der Waals surface area contributed by atoms with Gasteiger partial charge in [-0.15, -0.1) is 0 Å². The fourth-order valence-electron chi connectivity index (χ4n) is 3.84. The number of likely N-dealkylation sites (tertiary alicyclic amines) is 1. The van der Waals surface area contributed by atoms with Crippen molar-refractivity contribution < 1.29 is 5.11 Å².